The van der Waals surface area contributed by atoms with Crippen LogP contribution < -0.4 is 0 Å². The van der Waals surface area contributed by atoms with Crippen molar-refractivity contribution in [1.29, 1.82) is 0 Å². The summed E-state index contributed by atoms with van der Waals surface area (Å²) in [7, 11) is 2.40. The van der Waals surface area contributed by atoms with E-state index in [4.69, 9.17) is 14.2 Å². The van der Waals surface area contributed by atoms with Crippen LogP contribution in [0.15, 0.2) is 53.5 Å². The largest absolute Gasteiger partial charge is 0.504 e. The van der Waals surface area contributed by atoms with Gasteiger partial charge in [0.25, 0.3) is 0 Å². The van der Waals surface area contributed by atoms with E-state index in [1.165, 1.54) is 14.2 Å². The maximum absolute atomic E-state index is 12.5. The highest BCUT2D eigenvalue weighted by atomic mass is 16.5. The van der Waals surface area contributed by atoms with E-state index in [1.54, 1.807) is 13.0 Å². The van der Waals surface area contributed by atoms with Crippen molar-refractivity contribution in [3.05, 3.63) is 59.2 Å². The predicted molar refractivity (Wildman–Crippen MR) is 97.5 cm³/mol. The van der Waals surface area contributed by atoms with Crippen LogP contribution in [0.1, 0.15) is 12.6 Å². The molecule has 0 bridgehead atoms. The minimum Gasteiger partial charge on any atom is -0.504 e. The molecular formula is C20H19NO6. The van der Waals surface area contributed by atoms with Crippen molar-refractivity contribution in [2.75, 3.05) is 20.8 Å². The van der Waals surface area contributed by atoms with E-state index < -0.39 is 17.9 Å². The average Bonchev–Trinajstić information content (AvgIpc) is 2.99. The number of rotatable bonds is 5. The molecular weight excluding hydrogens is 350 g/mol. The van der Waals surface area contributed by atoms with E-state index in [0.717, 1.165) is 5.39 Å². The van der Waals surface area contributed by atoms with Crippen LogP contribution in [0.2, 0.25) is 0 Å². The smallest absolute Gasteiger partial charge is 0.338 e. The predicted octanol–water partition coefficient (Wildman–Crippen LogP) is 2.77. The maximum atomic E-state index is 12.5. The molecule has 1 aromatic heterocycles. The van der Waals surface area contributed by atoms with E-state index in [1.807, 2.05) is 30.3 Å². The van der Waals surface area contributed by atoms with Gasteiger partial charge in [0.05, 0.1) is 32.0 Å². The Hall–Kier alpha value is -3.35. The minimum atomic E-state index is -1.20. The number of methoxy groups -OCH3 is 2. The fourth-order valence-electron chi connectivity index (χ4n) is 3.11. The Kier molecular flexibility index (Phi) is 5.12. The molecule has 1 aliphatic carbocycles. The van der Waals surface area contributed by atoms with Crippen LogP contribution in [-0.2, 0) is 23.8 Å². The Bertz CT molecular complexity index is 975. The number of benzene rings is 1. The topological polar surface area (TPSA) is 95.0 Å². The molecule has 1 unspecified atom stereocenters. The van der Waals surface area contributed by atoms with Gasteiger partial charge in [0, 0.05) is 11.0 Å². The fraction of sp³-hybridized carbons (Fsp3) is 0.250. The number of esters is 2. The van der Waals surface area contributed by atoms with E-state index in [2.05, 4.69) is 4.98 Å². The molecule has 1 aliphatic rings. The molecule has 1 heterocycles. The van der Waals surface area contributed by atoms with E-state index in [9.17, 15) is 14.7 Å². The van der Waals surface area contributed by atoms with Gasteiger partial charge in [-0.1, -0.05) is 24.3 Å². The summed E-state index contributed by atoms with van der Waals surface area (Å²) < 4.78 is 15.1. The van der Waals surface area contributed by atoms with E-state index in [-0.39, 0.29) is 29.3 Å². The molecule has 0 saturated heterocycles. The molecule has 0 saturated carbocycles. The summed E-state index contributed by atoms with van der Waals surface area (Å²) in [6.45, 7) is 1.89. The molecule has 7 heteroatoms. The van der Waals surface area contributed by atoms with Gasteiger partial charge < -0.3 is 19.3 Å². The molecule has 3 rings (SSSR count). The van der Waals surface area contributed by atoms with Gasteiger partial charge in [-0.05, 0) is 19.1 Å². The highest BCUT2D eigenvalue weighted by Gasteiger charge is 2.45. The molecule has 0 fully saturated rings. The van der Waals surface area contributed by atoms with Crippen molar-refractivity contribution in [2.45, 2.75) is 6.92 Å². The van der Waals surface area contributed by atoms with Crippen molar-refractivity contribution in [2.24, 2.45) is 5.92 Å². The first-order valence-electron chi connectivity index (χ1n) is 8.36. The molecule has 2 aromatic rings. The van der Waals surface area contributed by atoms with Crippen LogP contribution in [0.3, 0.4) is 0 Å². The van der Waals surface area contributed by atoms with Crippen LogP contribution >= 0.6 is 0 Å². The number of aromatic nitrogens is 1. The Morgan fingerprint density at radius 1 is 1.11 bits per heavy atom. The standard InChI is InChI=1S/C20H19NO6/c1-4-27-18-16(20(24)26-3)15(19(23)25-2)14(17(18)22)13-10-9-11-7-5-6-8-12(11)21-13/h5-10,15,22H,4H2,1-3H3. The Morgan fingerprint density at radius 2 is 1.85 bits per heavy atom. The first-order chi connectivity index (χ1) is 13.0. The van der Waals surface area contributed by atoms with Crippen molar-refractivity contribution in [1.82, 2.24) is 4.98 Å². The van der Waals surface area contributed by atoms with Crippen molar-refractivity contribution >= 4 is 28.4 Å². The first kappa shape index (κ1) is 18.4. The summed E-state index contributed by atoms with van der Waals surface area (Å²) in [5, 5.41) is 11.7. The zero-order valence-electron chi connectivity index (χ0n) is 15.2. The van der Waals surface area contributed by atoms with Gasteiger partial charge in [0.1, 0.15) is 11.5 Å². The summed E-state index contributed by atoms with van der Waals surface area (Å²) in [4.78, 5) is 29.4. The highest BCUT2D eigenvalue weighted by molar-refractivity contribution is 6.07. The number of nitrogens with zero attached hydrogens (tertiary/aromatic N) is 1. The third kappa shape index (κ3) is 3.12. The maximum Gasteiger partial charge on any atom is 0.338 e. The summed E-state index contributed by atoms with van der Waals surface area (Å²) in [5.41, 5.74) is 1.08. The molecule has 7 nitrogen and oxygen atoms in total. The lowest BCUT2D eigenvalue weighted by Gasteiger charge is -2.15. The van der Waals surface area contributed by atoms with Crippen LogP contribution in [0.5, 0.6) is 0 Å². The van der Waals surface area contributed by atoms with Crippen LogP contribution in [0.25, 0.3) is 16.5 Å². The number of fused-ring (bicyclic) bond motifs is 1. The quantitative estimate of drug-likeness (QED) is 0.810. The van der Waals surface area contributed by atoms with Gasteiger partial charge >= 0.3 is 11.9 Å². The average molecular weight is 369 g/mol. The van der Waals surface area contributed by atoms with E-state index >= 15 is 0 Å². The number of aliphatic hydroxyl groups excluding tert-OH is 1. The van der Waals surface area contributed by atoms with Crippen LogP contribution in [-0.4, -0.2) is 42.9 Å². The number of pyridine rings is 1. The number of ether oxygens (including phenoxy) is 3. The third-order valence-corrected chi connectivity index (χ3v) is 4.30. The second-order valence-electron chi connectivity index (χ2n) is 5.78. The number of carbonyl (C=O) groups excluding carboxylic acids is 2. The molecule has 0 spiro atoms. The molecule has 140 valence electrons. The minimum absolute atomic E-state index is 0.0929. The molecule has 27 heavy (non-hydrogen) atoms. The lowest BCUT2D eigenvalue weighted by Crippen LogP contribution is -2.24. The fourth-order valence-corrected chi connectivity index (χ4v) is 3.11. The van der Waals surface area contributed by atoms with Crippen molar-refractivity contribution in [3.8, 4) is 0 Å². The molecule has 0 radical (unpaired) electrons. The third-order valence-electron chi connectivity index (χ3n) is 4.30. The summed E-state index contributed by atoms with van der Waals surface area (Å²) in [6.07, 6.45) is 0. The number of hydrogen-bond donors (Lipinski definition) is 1. The molecule has 1 atom stereocenters. The number of carbonyl (C=O) groups is 2. The van der Waals surface area contributed by atoms with Gasteiger partial charge in [-0.3, -0.25) is 4.79 Å². The van der Waals surface area contributed by atoms with Crippen LogP contribution in [0.4, 0.5) is 0 Å². The van der Waals surface area contributed by atoms with Crippen molar-refractivity contribution in [3.63, 3.8) is 0 Å². The second-order valence-corrected chi connectivity index (χ2v) is 5.78. The summed E-state index contributed by atoms with van der Waals surface area (Å²) in [5.74, 6) is -3.12. The molecule has 1 aromatic carbocycles. The number of aliphatic hydroxyl groups is 1. The number of para-hydroxylation sites is 1. The molecule has 1 N–H and O–H groups in total. The van der Waals surface area contributed by atoms with Crippen molar-refractivity contribution < 1.29 is 28.9 Å². The zero-order chi connectivity index (χ0) is 19.6. The van der Waals surface area contributed by atoms with E-state index in [0.29, 0.717) is 11.2 Å². The Labute approximate surface area is 155 Å². The summed E-state index contributed by atoms with van der Waals surface area (Å²) in [6, 6.07) is 10.9. The van der Waals surface area contributed by atoms with Gasteiger partial charge in [0.2, 0.25) is 0 Å². The highest BCUT2D eigenvalue weighted by Crippen LogP contribution is 2.43. The first-order valence-corrected chi connectivity index (χ1v) is 8.36. The Morgan fingerprint density at radius 3 is 2.52 bits per heavy atom. The lowest BCUT2D eigenvalue weighted by molar-refractivity contribution is -0.145. The second kappa shape index (κ2) is 7.49. The monoisotopic (exact) mass is 369 g/mol. The molecule has 0 aliphatic heterocycles. The summed E-state index contributed by atoms with van der Waals surface area (Å²) >= 11 is 0. The normalized spacial score (nSPS) is 16.6. The van der Waals surface area contributed by atoms with Gasteiger partial charge in [0.15, 0.2) is 11.5 Å². The van der Waals surface area contributed by atoms with Gasteiger partial charge in [-0.25, -0.2) is 9.78 Å². The SMILES string of the molecule is CCOC1=C(C(=O)OC)C(C(=O)OC)C(c2ccc3ccccc3n2)=C1O. The Balaban J connectivity index is 2.22. The van der Waals surface area contributed by atoms with Gasteiger partial charge in [-0.2, -0.15) is 0 Å². The number of hydrogen-bond acceptors (Lipinski definition) is 7. The lowest BCUT2D eigenvalue weighted by atomic mass is 9.92. The zero-order valence-corrected chi connectivity index (χ0v) is 15.2. The van der Waals surface area contributed by atoms with Crippen LogP contribution in [0, 0.1) is 5.92 Å². The molecule has 0 amide bonds. The van der Waals surface area contributed by atoms with Gasteiger partial charge in [-0.15, -0.1) is 0 Å².